The number of H-pyrrole nitrogens is 1. The van der Waals surface area contributed by atoms with Crippen LogP contribution in [0.5, 0.6) is 0 Å². The van der Waals surface area contributed by atoms with Crippen LogP contribution >= 0.6 is 11.6 Å². The van der Waals surface area contributed by atoms with E-state index >= 15 is 0 Å². The molecule has 0 aliphatic carbocycles. The van der Waals surface area contributed by atoms with Crippen molar-refractivity contribution in [1.82, 2.24) is 15.2 Å². The largest absolute Gasteiger partial charge is 0.295 e. The molecule has 1 aromatic heterocycles. The Morgan fingerprint density at radius 1 is 1.29 bits per heavy atom. The number of aromatic nitrogens is 2. The summed E-state index contributed by atoms with van der Waals surface area (Å²) in [5, 5.41) is 18.1. The van der Waals surface area contributed by atoms with E-state index in [-0.39, 0.29) is 22.4 Å². The number of nitrogens with one attached hydrogen (secondary N) is 2. The van der Waals surface area contributed by atoms with Gasteiger partial charge in [0.05, 0.1) is 22.4 Å². The number of halogens is 1. The number of aryl methyl sites for hydroxylation is 1. The summed E-state index contributed by atoms with van der Waals surface area (Å²) in [7, 11) is 0. The van der Waals surface area contributed by atoms with E-state index in [0.29, 0.717) is 16.4 Å². The molecule has 0 radical (unpaired) electrons. The summed E-state index contributed by atoms with van der Waals surface area (Å²) in [5.74, 6) is -0.757. The van der Waals surface area contributed by atoms with Crippen LogP contribution in [0.25, 0.3) is 5.69 Å². The number of para-hydroxylation sites is 1. The minimum Gasteiger partial charge on any atom is -0.295 e. The number of nitro benzene ring substituents is 1. The number of nitro groups is 1. The first kappa shape index (κ1) is 19.1. The Hall–Kier alpha value is -3.72. The molecule has 0 atom stereocenters. The highest BCUT2D eigenvalue weighted by molar-refractivity contribution is 6.30. The summed E-state index contributed by atoms with van der Waals surface area (Å²) >= 11 is 5.95. The summed E-state index contributed by atoms with van der Waals surface area (Å²) in [5.41, 5.74) is 2.64. The van der Waals surface area contributed by atoms with Crippen LogP contribution in [0.3, 0.4) is 0 Å². The van der Waals surface area contributed by atoms with Crippen molar-refractivity contribution in [2.45, 2.75) is 6.92 Å². The van der Waals surface area contributed by atoms with Gasteiger partial charge in [0.2, 0.25) is 0 Å². The Kier molecular flexibility index (Phi) is 5.37. The van der Waals surface area contributed by atoms with Gasteiger partial charge in [-0.25, -0.2) is 10.1 Å². The van der Waals surface area contributed by atoms with Crippen molar-refractivity contribution < 1.29 is 9.72 Å². The fraction of sp³-hybridized carbons (Fsp3) is 0.0556. The third kappa shape index (κ3) is 3.84. The normalized spacial score (nSPS) is 10.9. The average molecular weight is 400 g/mol. The first-order chi connectivity index (χ1) is 13.4. The number of hydrazone groups is 1. The summed E-state index contributed by atoms with van der Waals surface area (Å²) < 4.78 is 1.30. The topological polar surface area (TPSA) is 122 Å². The Morgan fingerprint density at radius 2 is 2.04 bits per heavy atom. The molecule has 2 aromatic carbocycles. The average Bonchev–Trinajstić information content (AvgIpc) is 2.96. The summed E-state index contributed by atoms with van der Waals surface area (Å²) in [6.45, 7) is 1.67. The molecular formula is C18H14ClN5O4. The van der Waals surface area contributed by atoms with E-state index in [1.54, 1.807) is 31.2 Å². The van der Waals surface area contributed by atoms with Crippen LogP contribution in [0.2, 0.25) is 5.02 Å². The van der Waals surface area contributed by atoms with E-state index < -0.39 is 10.8 Å². The minimum atomic E-state index is -0.757. The standard InChI is InChI=1S/C18H14ClN5O4/c1-11-15(18(26)23(22-11)13-6-4-5-12(19)9-13)10-20-21-17(25)14-7-2-3-8-16(14)24(27)28/h2-10,22H,1H3,(H,21,25). The number of aromatic amines is 1. The maximum absolute atomic E-state index is 12.6. The number of carbonyl (C=O) groups is 1. The van der Waals surface area contributed by atoms with E-state index in [1.165, 1.54) is 35.2 Å². The molecule has 9 nitrogen and oxygen atoms in total. The van der Waals surface area contributed by atoms with E-state index in [2.05, 4.69) is 15.6 Å². The highest BCUT2D eigenvalue weighted by atomic mass is 35.5. The van der Waals surface area contributed by atoms with Gasteiger partial charge in [-0.05, 0) is 31.2 Å². The molecule has 0 bridgehead atoms. The third-order valence-corrected chi connectivity index (χ3v) is 4.12. The first-order valence-corrected chi connectivity index (χ1v) is 8.40. The number of rotatable bonds is 5. The van der Waals surface area contributed by atoms with Gasteiger partial charge in [-0.15, -0.1) is 0 Å². The Bertz CT molecular complexity index is 1150. The van der Waals surface area contributed by atoms with E-state index in [4.69, 9.17) is 11.6 Å². The zero-order valence-corrected chi connectivity index (χ0v) is 15.3. The van der Waals surface area contributed by atoms with Gasteiger partial charge in [0.1, 0.15) is 5.56 Å². The van der Waals surface area contributed by atoms with Crippen LogP contribution in [0.4, 0.5) is 5.69 Å². The second-order valence-electron chi connectivity index (χ2n) is 5.74. The highest BCUT2D eigenvalue weighted by Gasteiger charge is 2.18. The molecule has 142 valence electrons. The molecule has 0 spiro atoms. The fourth-order valence-electron chi connectivity index (χ4n) is 2.55. The number of benzene rings is 2. The lowest BCUT2D eigenvalue weighted by molar-refractivity contribution is -0.385. The second-order valence-corrected chi connectivity index (χ2v) is 6.18. The van der Waals surface area contributed by atoms with Gasteiger partial charge in [-0.3, -0.25) is 24.8 Å². The monoisotopic (exact) mass is 399 g/mol. The number of nitrogens with zero attached hydrogens (tertiary/aromatic N) is 3. The molecule has 0 unspecified atom stereocenters. The van der Waals surface area contributed by atoms with Crippen molar-refractivity contribution >= 4 is 29.4 Å². The predicted molar refractivity (Wildman–Crippen MR) is 104 cm³/mol. The van der Waals surface area contributed by atoms with Crippen LogP contribution in [-0.2, 0) is 0 Å². The summed E-state index contributed by atoms with van der Waals surface area (Å²) in [4.78, 5) is 35.1. The van der Waals surface area contributed by atoms with Crippen LogP contribution in [0, 0.1) is 17.0 Å². The van der Waals surface area contributed by atoms with Gasteiger partial charge in [-0.1, -0.05) is 29.8 Å². The highest BCUT2D eigenvalue weighted by Crippen LogP contribution is 2.17. The van der Waals surface area contributed by atoms with Crippen LogP contribution < -0.4 is 11.0 Å². The number of hydrogen-bond acceptors (Lipinski definition) is 5. The summed E-state index contributed by atoms with van der Waals surface area (Å²) in [6, 6.07) is 12.2. The Balaban J connectivity index is 1.83. The van der Waals surface area contributed by atoms with Crippen LogP contribution in [-0.4, -0.2) is 26.8 Å². The molecule has 1 amide bonds. The predicted octanol–water partition coefficient (Wildman–Crippen LogP) is 2.80. The zero-order valence-electron chi connectivity index (χ0n) is 14.5. The molecule has 0 saturated heterocycles. The van der Waals surface area contributed by atoms with E-state index in [9.17, 15) is 19.7 Å². The quantitative estimate of drug-likeness (QED) is 0.389. The zero-order chi connectivity index (χ0) is 20.3. The van der Waals surface area contributed by atoms with Gasteiger partial charge in [0.15, 0.2) is 0 Å². The molecule has 3 rings (SSSR count). The number of amides is 1. The Labute approximate surface area is 163 Å². The molecule has 10 heteroatoms. The van der Waals surface area contributed by atoms with Gasteiger partial charge < -0.3 is 0 Å². The molecule has 3 aromatic rings. The van der Waals surface area contributed by atoms with E-state index in [0.717, 1.165) is 0 Å². The maximum atomic E-state index is 12.6. The molecule has 28 heavy (non-hydrogen) atoms. The molecule has 0 aliphatic rings. The van der Waals surface area contributed by atoms with Gasteiger partial charge in [-0.2, -0.15) is 5.10 Å². The second kappa shape index (κ2) is 7.89. The lowest BCUT2D eigenvalue weighted by atomic mass is 10.2. The maximum Gasteiger partial charge on any atom is 0.282 e. The number of carbonyl (C=O) groups excluding carboxylic acids is 1. The molecule has 2 N–H and O–H groups in total. The molecule has 0 aliphatic heterocycles. The van der Waals surface area contributed by atoms with Crippen molar-refractivity contribution in [3.63, 3.8) is 0 Å². The molecular weight excluding hydrogens is 386 g/mol. The van der Waals surface area contributed by atoms with Crippen LogP contribution in [0.15, 0.2) is 58.4 Å². The van der Waals surface area contributed by atoms with Crippen LogP contribution in [0.1, 0.15) is 21.6 Å². The van der Waals surface area contributed by atoms with Crippen molar-refractivity contribution in [3.8, 4) is 5.69 Å². The Morgan fingerprint density at radius 3 is 2.75 bits per heavy atom. The first-order valence-electron chi connectivity index (χ1n) is 8.03. The van der Waals surface area contributed by atoms with Crippen molar-refractivity contribution in [3.05, 3.63) is 90.8 Å². The van der Waals surface area contributed by atoms with Crippen molar-refractivity contribution in [2.24, 2.45) is 5.10 Å². The minimum absolute atomic E-state index is 0.133. The van der Waals surface area contributed by atoms with Gasteiger partial charge >= 0.3 is 0 Å². The lowest BCUT2D eigenvalue weighted by Crippen LogP contribution is -2.21. The van der Waals surface area contributed by atoms with Gasteiger partial charge in [0.25, 0.3) is 17.2 Å². The molecule has 0 fully saturated rings. The fourth-order valence-corrected chi connectivity index (χ4v) is 2.73. The van der Waals surface area contributed by atoms with E-state index in [1.807, 2.05) is 0 Å². The van der Waals surface area contributed by atoms with Gasteiger partial charge in [0, 0.05) is 16.8 Å². The molecule has 1 heterocycles. The van der Waals surface area contributed by atoms with Crippen molar-refractivity contribution in [1.29, 1.82) is 0 Å². The number of hydrogen-bond donors (Lipinski definition) is 2. The smallest absolute Gasteiger partial charge is 0.282 e. The third-order valence-electron chi connectivity index (χ3n) is 3.89. The molecule has 0 saturated carbocycles. The van der Waals surface area contributed by atoms with Crippen molar-refractivity contribution in [2.75, 3.05) is 0 Å². The summed E-state index contributed by atoms with van der Waals surface area (Å²) in [6.07, 6.45) is 1.18. The lowest BCUT2D eigenvalue weighted by Gasteiger charge is -2.01. The SMILES string of the molecule is Cc1[nH]n(-c2cccc(Cl)c2)c(=O)c1C=NNC(=O)c1ccccc1[N+](=O)[O-].